The summed E-state index contributed by atoms with van der Waals surface area (Å²) in [6.07, 6.45) is 2.46. The van der Waals surface area contributed by atoms with Crippen LogP contribution in [-0.4, -0.2) is 41.1 Å². The molecule has 1 heterocycles. The monoisotopic (exact) mass is 549 g/mol. The molecule has 2 atom stereocenters. The number of sulfonamides is 1. The van der Waals surface area contributed by atoms with Gasteiger partial charge in [0, 0.05) is 18.8 Å². The lowest BCUT2D eigenvalue weighted by Gasteiger charge is -2.33. The number of aryl methyl sites for hydroxylation is 2. The molecule has 1 N–H and O–H groups in total. The number of piperidine rings is 1. The number of benzene rings is 3. The average molecular weight is 550 g/mol. The Labute approximate surface area is 232 Å². The summed E-state index contributed by atoms with van der Waals surface area (Å²) in [6.45, 7) is 9.68. The van der Waals surface area contributed by atoms with E-state index in [-0.39, 0.29) is 17.5 Å². The van der Waals surface area contributed by atoms with Crippen molar-refractivity contribution in [2.45, 2.75) is 51.5 Å². The van der Waals surface area contributed by atoms with Crippen LogP contribution in [0.4, 0.5) is 11.4 Å². The van der Waals surface area contributed by atoms with Gasteiger partial charge in [0.05, 0.1) is 23.7 Å². The van der Waals surface area contributed by atoms with Gasteiger partial charge in [0.1, 0.15) is 12.3 Å². The number of anilines is 2. The Morgan fingerprint density at radius 3 is 2.36 bits per heavy atom. The Morgan fingerprint density at radius 1 is 1.05 bits per heavy atom. The van der Waals surface area contributed by atoms with Crippen molar-refractivity contribution in [3.63, 3.8) is 0 Å². The van der Waals surface area contributed by atoms with E-state index < -0.39 is 15.9 Å². The number of rotatable bonds is 9. The zero-order valence-electron chi connectivity index (χ0n) is 23.5. The van der Waals surface area contributed by atoms with Gasteiger partial charge in [-0.3, -0.25) is 9.10 Å². The van der Waals surface area contributed by atoms with Crippen molar-refractivity contribution in [2.75, 3.05) is 35.9 Å². The highest BCUT2D eigenvalue weighted by Gasteiger charge is 2.30. The Hall–Kier alpha value is -3.52. The van der Waals surface area contributed by atoms with E-state index in [1.165, 1.54) is 25.6 Å². The van der Waals surface area contributed by atoms with Gasteiger partial charge in [0.2, 0.25) is 5.91 Å². The summed E-state index contributed by atoms with van der Waals surface area (Å²) in [5, 5.41) is 2.99. The van der Waals surface area contributed by atoms with Gasteiger partial charge in [-0.2, -0.15) is 0 Å². The number of amides is 1. The Kier molecular flexibility index (Phi) is 8.85. The first-order valence-electron chi connectivity index (χ1n) is 13.5. The Morgan fingerprint density at radius 2 is 1.72 bits per heavy atom. The first-order valence-corrected chi connectivity index (χ1v) is 14.9. The third-order valence-electron chi connectivity index (χ3n) is 7.29. The Balaban J connectivity index is 1.55. The molecule has 3 aromatic carbocycles. The van der Waals surface area contributed by atoms with Gasteiger partial charge < -0.3 is 15.0 Å². The SMILES string of the molecule is COc1ccc(C)cc1N(CC(=O)NC(C)c1ccc(N2CCCC(C)C2)cc1)S(=O)(=O)c1ccc(C)cc1. The van der Waals surface area contributed by atoms with Crippen LogP contribution >= 0.6 is 0 Å². The zero-order chi connectivity index (χ0) is 28.2. The van der Waals surface area contributed by atoms with Crippen molar-refractivity contribution in [2.24, 2.45) is 5.92 Å². The highest BCUT2D eigenvalue weighted by molar-refractivity contribution is 7.92. The molecule has 7 nitrogen and oxygen atoms in total. The van der Waals surface area contributed by atoms with Crippen LogP contribution in [0.15, 0.2) is 71.6 Å². The zero-order valence-corrected chi connectivity index (χ0v) is 24.3. The second-order valence-corrected chi connectivity index (χ2v) is 12.4. The number of carbonyl (C=O) groups excluding carboxylic acids is 1. The number of hydrogen-bond donors (Lipinski definition) is 1. The minimum absolute atomic E-state index is 0.111. The van der Waals surface area contributed by atoms with E-state index in [1.54, 1.807) is 36.4 Å². The molecule has 1 saturated heterocycles. The van der Waals surface area contributed by atoms with E-state index in [2.05, 4.69) is 29.3 Å². The van der Waals surface area contributed by atoms with E-state index in [0.29, 0.717) is 17.4 Å². The van der Waals surface area contributed by atoms with Crippen LogP contribution in [0, 0.1) is 19.8 Å². The number of hydrogen-bond acceptors (Lipinski definition) is 5. The molecule has 0 saturated carbocycles. The molecule has 8 heteroatoms. The molecule has 208 valence electrons. The number of ether oxygens (including phenoxy) is 1. The molecule has 3 aromatic rings. The normalized spacial score (nSPS) is 16.4. The third-order valence-corrected chi connectivity index (χ3v) is 9.07. The molecule has 2 unspecified atom stereocenters. The van der Waals surface area contributed by atoms with Gasteiger partial charge in [-0.15, -0.1) is 0 Å². The first kappa shape index (κ1) is 28.5. The maximum atomic E-state index is 13.8. The predicted octanol–water partition coefficient (Wildman–Crippen LogP) is 5.62. The fraction of sp³-hybridized carbons (Fsp3) is 0.387. The van der Waals surface area contributed by atoms with Gasteiger partial charge in [-0.05, 0) is 87.1 Å². The summed E-state index contributed by atoms with van der Waals surface area (Å²) >= 11 is 0. The smallest absolute Gasteiger partial charge is 0.264 e. The molecule has 1 amide bonds. The molecule has 1 fully saturated rings. The lowest BCUT2D eigenvalue weighted by Crippen LogP contribution is -2.41. The molecule has 1 aliphatic heterocycles. The number of nitrogens with zero attached hydrogens (tertiary/aromatic N) is 2. The predicted molar refractivity (Wildman–Crippen MR) is 157 cm³/mol. The molecule has 0 aromatic heterocycles. The highest BCUT2D eigenvalue weighted by Crippen LogP contribution is 2.33. The maximum absolute atomic E-state index is 13.8. The van der Waals surface area contributed by atoms with Gasteiger partial charge in [-0.25, -0.2) is 8.42 Å². The molecule has 4 rings (SSSR count). The second kappa shape index (κ2) is 12.1. The van der Waals surface area contributed by atoms with Crippen LogP contribution in [-0.2, 0) is 14.8 Å². The van der Waals surface area contributed by atoms with Gasteiger partial charge in [-0.1, -0.05) is 42.8 Å². The van der Waals surface area contributed by atoms with Crippen molar-refractivity contribution in [3.8, 4) is 5.75 Å². The molecule has 1 aliphatic rings. The largest absolute Gasteiger partial charge is 0.495 e. The molecule has 39 heavy (non-hydrogen) atoms. The summed E-state index contributed by atoms with van der Waals surface area (Å²) in [5.74, 6) is 0.651. The topological polar surface area (TPSA) is 79.0 Å². The van der Waals surface area contributed by atoms with E-state index in [4.69, 9.17) is 4.74 Å². The van der Waals surface area contributed by atoms with E-state index in [0.717, 1.165) is 34.1 Å². The quantitative estimate of drug-likeness (QED) is 0.375. The average Bonchev–Trinajstić information content (AvgIpc) is 2.92. The maximum Gasteiger partial charge on any atom is 0.264 e. The summed E-state index contributed by atoms with van der Waals surface area (Å²) < 4.78 is 34.2. The highest BCUT2D eigenvalue weighted by atomic mass is 32.2. The van der Waals surface area contributed by atoms with Crippen molar-refractivity contribution in [1.82, 2.24) is 5.32 Å². The van der Waals surface area contributed by atoms with E-state index in [1.807, 2.05) is 39.0 Å². The van der Waals surface area contributed by atoms with Crippen molar-refractivity contribution < 1.29 is 17.9 Å². The third kappa shape index (κ3) is 6.74. The molecule has 0 bridgehead atoms. The van der Waals surface area contributed by atoms with Gasteiger partial charge >= 0.3 is 0 Å². The summed E-state index contributed by atoms with van der Waals surface area (Å²) in [4.78, 5) is 15.8. The lowest BCUT2D eigenvalue weighted by molar-refractivity contribution is -0.120. The van der Waals surface area contributed by atoms with Crippen LogP contribution in [0.2, 0.25) is 0 Å². The molecular formula is C31H39N3O4S. The number of methoxy groups -OCH3 is 1. The second-order valence-electron chi connectivity index (χ2n) is 10.6. The fourth-order valence-electron chi connectivity index (χ4n) is 5.03. The van der Waals surface area contributed by atoms with Crippen LogP contribution in [0.3, 0.4) is 0 Å². The van der Waals surface area contributed by atoms with Crippen molar-refractivity contribution in [1.29, 1.82) is 0 Å². The van der Waals surface area contributed by atoms with Crippen LogP contribution in [0.5, 0.6) is 5.75 Å². The Bertz CT molecular complexity index is 1390. The molecule has 0 aliphatic carbocycles. The van der Waals surface area contributed by atoms with Gasteiger partial charge in [0.25, 0.3) is 10.0 Å². The van der Waals surface area contributed by atoms with E-state index in [9.17, 15) is 13.2 Å². The minimum Gasteiger partial charge on any atom is -0.495 e. The fourth-order valence-corrected chi connectivity index (χ4v) is 6.45. The molecular weight excluding hydrogens is 510 g/mol. The molecule has 0 radical (unpaired) electrons. The number of nitrogens with one attached hydrogen (secondary N) is 1. The van der Waals surface area contributed by atoms with Gasteiger partial charge in [0.15, 0.2) is 0 Å². The summed E-state index contributed by atoms with van der Waals surface area (Å²) in [6, 6.07) is 19.9. The first-order chi connectivity index (χ1) is 18.6. The summed E-state index contributed by atoms with van der Waals surface area (Å²) in [5.41, 5.74) is 4.26. The minimum atomic E-state index is -4.05. The standard InChI is InChI=1S/C31H39N3O4S/c1-22-8-15-28(16-9-22)39(36,37)34(29-19-23(2)10-17-30(29)38-5)21-31(35)32-25(4)26-11-13-27(14-12-26)33-18-6-7-24(3)20-33/h8-17,19,24-25H,6-7,18,20-21H2,1-5H3,(H,32,35). The van der Waals surface area contributed by atoms with Crippen LogP contribution < -0.4 is 19.3 Å². The van der Waals surface area contributed by atoms with Crippen molar-refractivity contribution in [3.05, 3.63) is 83.4 Å². The number of carbonyl (C=O) groups is 1. The van der Waals surface area contributed by atoms with Crippen molar-refractivity contribution >= 4 is 27.3 Å². The lowest BCUT2D eigenvalue weighted by atomic mass is 9.99. The van der Waals surface area contributed by atoms with E-state index >= 15 is 0 Å². The molecule has 0 spiro atoms. The van der Waals surface area contributed by atoms with Crippen LogP contribution in [0.25, 0.3) is 0 Å². The summed E-state index contributed by atoms with van der Waals surface area (Å²) in [7, 11) is -2.56. The van der Waals surface area contributed by atoms with Crippen LogP contribution in [0.1, 0.15) is 49.4 Å².